The molecule has 0 radical (unpaired) electrons. The van der Waals surface area contributed by atoms with Gasteiger partial charge in [-0.2, -0.15) is 5.26 Å². The Morgan fingerprint density at radius 1 is 0.580 bits per heavy atom. The van der Waals surface area contributed by atoms with Crippen LogP contribution in [0.25, 0.3) is 10.2 Å². The van der Waals surface area contributed by atoms with E-state index in [-0.39, 0.29) is 55.8 Å². The van der Waals surface area contributed by atoms with Crippen molar-refractivity contribution in [3.63, 3.8) is 0 Å². The number of pyridine rings is 1. The average molecular weight is 1580 g/mol. The van der Waals surface area contributed by atoms with Crippen molar-refractivity contribution in [3.05, 3.63) is 89.5 Å². The molecule has 6 N–H and O–H groups in total. The molecule has 618 valence electrons. The lowest BCUT2D eigenvalue weighted by Gasteiger charge is -2.41. The van der Waals surface area contributed by atoms with Crippen molar-refractivity contribution in [1.29, 1.82) is 5.26 Å². The summed E-state index contributed by atoms with van der Waals surface area (Å²) in [5.41, 5.74) is 2.70. The SMILES string of the molecule is C/C=C/C[C@@H](C)[C@@H](O)[C@H]1C(=O)N[C@@H](CC)C(=O)N(C)CC(=O)N(C)[C@@H](CC(C)C)C(=O)N[C@@H](C(C)C)C(=O)N(C)[C@@H](CC(C)C)C(=O)N[C@@H](C)C(=O)N[C@H](C)C(=O)N(C)[C@@H](CC(C)C)C(=O)N(C)[C@@H](CC(C)C)C(=O)N(C)[C@@H](C(C)C)C(=O)N1C.N#CC(c1ccnc(NCCc2cccnc2)n1)c1nc2ccccc2s1. The molecule has 0 bridgehead atoms. The highest BCUT2D eigenvalue weighted by atomic mass is 32.1. The van der Waals surface area contributed by atoms with Gasteiger partial charge in [-0.25, -0.2) is 15.0 Å². The summed E-state index contributed by atoms with van der Waals surface area (Å²) in [7, 11) is 9.92. The molecule has 29 nitrogen and oxygen atoms in total. The van der Waals surface area contributed by atoms with Crippen molar-refractivity contribution in [2.24, 2.45) is 41.4 Å². The predicted molar refractivity (Wildman–Crippen MR) is 434 cm³/mol. The Kier molecular flexibility index (Phi) is 37.8. The number of nitrogens with one attached hydrogen (secondary N) is 5. The van der Waals surface area contributed by atoms with E-state index in [4.69, 9.17) is 0 Å². The first kappa shape index (κ1) is 94.9. The molecular weight excluding hydrogens is 1450 g/mol. The topological polar surface area (TPSA) is 366 Å². The summed E-state index contributed by atoms with van der Waals surface area (Å²) in [6.45, 7) is 30.0. The molecule has 13 atom stereocenters. The average Bonchev–Trinajstić information content (AvgIpc) is 1.77. The highest BCUT2D eigenvalue weighted by Crippen LogP contribution is 2.32. The first-order chi connectivity index (χ1) is 52.5. The van der Waals surface area contributed by atoms with E-state index in [0.29, 0.717) is 24.6 Å². The number of aliphatic hydroxyl groups excluding tert-OH is 1. The number of aliphatic hydroxyl groups is 1. The number of carbonyl (C=O) groups is 11. The van der Waals surface area contributed by atoms with Gasteiger partial charge in [0.05, 0.1) is 34.6 Å². The minimum Gasteiger partial charge on any atom is -0.390 e. The van der Waals surface area contributed by atoms with Gasteiger partial charge in [-0.3, -0.25) is 57.7 Å². The van der Waals surface area contributed by atoms with Crippen molar-refractivity contribution in [2.45, 2.75) is 235 Å². The Balaban J connectivity index is 0.000000805. The van der Waals surface area contributed by atoms with Crippen LogP contribution in [0.5, 0.6) is 0 Å². The van der Waals surface area contributed by atoms with Gasteiger partial charge in [-0.1, -0.05) is 127 Å². The summed E-state index contributed by atoms with van der Waals surface area (Å²) < 4.78 is 1.07. The number of benzene rings is 1. The molecule has 1 fully saturated rings. The zero-order valence-electron chi connectivity index (χ0n) is 70.5. The molecule has 1 saturated heterocycles. The van der Waals surface area contributed by atoms with Crippen LogP contribution in [0.4, 0.5) is 5.95 Å². The Labute approximate surface area is 667 Å². The fourth-order valence-corrected chi connectivity index (χ4v) is 14.5. The van der Waals surface area contributed by atoms with Crippen LogP contribution in [-0.2, 0) is 59.2 Å². The van der Waals surface area contributed by atoms with Crippen molar-refractivity contribution >= 4 is 92.5 Å². The molecule has 4 aromatic rings. The molecule has 1 aromatic carbocycles. The monoisotopic (exact) mass is 1570 g/mol. The van der Waals surface area contributed by atoms with E-state index in [1.807, 2.05) is 104 Å². The van der Waals surface area contributed by atoms with Gasteiger partial charge in [0.15, 0.2) is 0 Å². The largest absolute Gasteiger partial charge is 0.390 e. The summed E-state index contributed by atoms with van der Waals surface area (Å²) in [5.74, 6) is -9.71. The van der Waals surface area contributed by atoms with Crippen LogP contribution in [0.15, 0.2) is 73.2 Å². The van der Waals surface area contributed by atoms with Gasteiger partial charge < -0.3 is 66.0 Å². The number of likely N-dealkylation sites (N-methyl/N-ethyl adjacent to an activating group) is 7. The quantitative estimate of drug-likeness (QED) is 0.0454. The number of fused-ring (bicyclic) bond motifs is 1. The molecular formula is C82H127N17O12S. The van der Waals surface area contributed by atoms with E-state index in [1.54, 1.807) is 73.0 Å². The van der Waals surface area contributed by atoms with E-state index in [2.05, 4.69) is 52.6 Å². The third kappa shape index (κ3) is 26.6. The molecule has 1 aliphatic rings. The molecule has 1 unspecified atom stereocenters. The second-order valence-electron chi connectivity index (χ2n) is 32.0. The number of thiazole rings is 1. The molecule has 30 heteroatoms. The molecule has 4 heterocycles. The minimum absolute atomic E-state index is 0.0229. The third-order valence-electron chi connectivity index (χ3n) is 20.2. The number of hydrogen-bond acceptors (Lipinski definition) is 19. The summed E-state index contributed by atoms with van der Waals surface area (Å²) in [6, 6.07) is 3.60. The molecule has 112 heavy (non-hydrogen) atoms. The van der Waals surface area contributed by atoms with Gasteiger partial charge in [0.25, 0.3) is 0 Å². The Morgan fingerprint density at radius 3 is 1.65 bits per heavy atom. The van der Waals surface area contributed by atoms with E-state index in [0.717, 1.165) is 37.0 Å². The maximum Gasteiger partial charge on any atom is 0.246 e. The number of nitriles is 1. The lowest BCUT2D eigenvalue weighted by Crippen LogP contribution is -2.63. The number of allylic oxidation sites excluding steroid dienone is 2. The number of aromatic nitrogens is 4. The van der Waals surface area contributed by atoms with Crippen LogP contribution < -0.4 is 26.6 Å². The smallest absolute Gasteiger partial charge is 0.246 e. The number of nitrogens with zero attached hydrogens (tertiary/aromatic N) is 12. The molecule has 11 amide bonds. The number of para-hydroxylation sites is 1. The second-order valence-corrected chi connectivity index (χ2v) is 33.1. The van der Waals surface area contributed by atoms with Crippen LogP contribution in [0.2, 0.25) is 0 Å². The van der Waals surface area contributed by atoms with Gasteiger partial charge in [-0.15, -0.1) is 11.3 Å². The number of rotatable bonds is 21. The molecule has 0 spiro atoms. The van der Waals surface area contributed by atoms with Crippen molar-refractivity contribution in [2.75, 3.05) is 67.7 Å². The zero-order valence-corrected chi connectivity index (χ0v) is 71.3. The molecule has 1 aliphatic heterocycles. The Hall–Kier alpha value is -9.50. The van der Waals surface area contributed by atoms with Gasteiger partial charge >= 0.3 is 0 Å². The minimum atomic E-state index is -1.61. The fourth-order valence-electron chi connectivity index (χ4n) is 13.4. The Bertz CT molecular complexity index is 3850. The fraction of sp³-hybridized carbons (Fsp3) is 0.634. The van der Waals surface area contributed by atoms with Crippen LogP contribution in [0, 0.1) is 52.8 Å². The van der Waals surface area contributed by atoms with Crippen LogP contribution in [0.1, 0.15) is 178 Å². The van der Waals surface area contributed by atoms with E-state index in [9.17, 15) is 53.5 Å². The standard InChI is InChI=1S/C62H111N11O12.C20H16N6S/c1-25-27-28-40(15)52(75)51-56(79)65-43(26-2)58(81)67(18)33-48(74)68(19)44(29-34(3)4)55(78)66-49(38(11)12)61(84)69(20)45(30-35(5)6)54(77)63-41(16)53(76)64-42(17)57(80)70(21)46(31-36(7)8)59(82)71(22)47(32-37(9)10)60(83)72(23)50(39(13)14)62(85)73(51)24;21-12-15(19-25-17-5-1-2-6-18(17)27-19)16-8-11-24-20(26-16)23-10-7-14-4-3-9-22-13-14/h25,27,34-47,49-52,75H,26,28-33H2,1-24H3,(H,63,77)(H,64,76)(H,65,79)(H,66,78);1-6,8-9,11,13,15H,7,10H2,(H,23,24,26)/b27-25+;/t40-,41+,42-,43+,44+,45+,46+,47+,49+,50+,51+,52-;/m1./s1. The maximum atomic E-state index is 15.1. The molecule has 0 saturated carbocycles. The molecule has 3 aromatic heterocycles. The second kappa shape index (κ2) is 44.7. The number of anilines is 1. The Morgan fingerprint density at radius 2 is 1.12 bits per heavy atom. The van der Waals surface area contributed by atoms with Crippen molar-refractivity contribution in [1.82, 2.24) is 75.5 Å². The number of hydrogen-bond donors (Lipinski definition) is 6. The van der Waals surface area contributed by atoms with Gasteiger partial charge in [-0.05, 0) is 137 Å². The number of amides is 11. The zero-order chi connectivity index (χ0) is 84.5. The van der Waals surface area contributed by atoms with Gasteiger partial charge in [0, 0.05) is 74.5 Å². The van der Waals surface area contributed by atoms with Crippen molar-refractivity contribution < 1.29 is 57.8 Å². The van der Waals surface area contributed by atoms with Crippen molar-refractivity contribution in [3.8, 4) is 6.07 Å². The summed E-state index contributed by atoms with van der Waals surface area (Å²) in [5, 5.41) is 36.7. The first-order valence-corrected chi connectivity index (χ1v) is 39.9. The van der Waals surface area contributed by atoms with Crippen LogP contribution >= 0.6 is 11.3 Å². The van der Waals surface area contributed by atoms with E-state index in [1.165, 1.54) is 99.0 Å². The van der Waals surface area contributed by atoms with Gasteiger partial charge in [0.1, 0.15) is 71.3 Å². The van der Waals surface area contributed by atoms with Crippen LogP contribution in [-0.4, -0.2) is 253 Å². The predicted octanol–water partition coefficient (Wildman–Crippen LogP) is 7.06. The summed E-state index contributed by atoms with van der Waals surface area (Å²) in [6.07, 6.45) is 9.14. The molecule has 0 aliphatic carbocycles. The first-order valence-electron chi connectivity index (χ1n) is 39.1. The normalized spacial score (nSPS) is 23.3. The summed E-state index contributed by atoms with van der Waals surface area (Å²) >= 11 is 1.52. The lowest BCUT2D eigenvalue weighted by molar-refractivity contribution is -0.157. The van der Waals surface area contributed by atoms with E-state index < -0.39 is 162 Å². The highest BCUT2D eigenvalue weighted by molar-refractivity contribution is 7.18. The summed E-state index contributed by atoms with van der Waals surface area (Å²) in [4.78, 5) is 186. The molecule has 5 rings (SSSR count). The lowest BCUT2D eigenvalue weighted by atomic mass is 9.91. The maximum absolute atomic E-state index is 15.1. The van der Waals surface area contributed by atoms with Gasteiger partial charge in [0.2, 0.25) is 70.9 Å². The highest BCUT2D eigenvalue weighted by Gasteiger charge is 2.46. The number of carbonyl (C=O) groups excluding carboxylic acids is 11. The van der Waals surface area contributed by atoms with E-state index >= 15 is 9.59 Å². The third-order valence-corrected chi connectivity index (χ3v) is 21.3. The van der Waals surface area contributed by atoms with Crippen LogP contribution in [0.3, 0.4) is 0 Å².